The number of carboxylic acids is 1. The molecule has 1 aliphatic heterocycles. The molecule has 0 fully saturated rings. The Balaban J connectivity index is 2.11. The van der Waals surface area contributed by atoms with E-state index in [0.29, 0.717) is 12.2 Å². The van der Waals surface area contributed by atoms with Gasteiger partial charge in [0.15, 0.2) is 5.82 Å². The van der Waals surface area contributed by atoms with Gasteiger partial charge in [0.25, 0.3) is 0 Å². The number of aromatic nitrogens is 3. The van der Waals surface area contributed by atoms with Crippen LogP contribution in [-0.2, 0) is 11.3 Å². The molecule has 19 heavy (non-hydrogen) atoms. The molecule has 5 heteroatoms. The van der Waals surface area contributed by atoms with E-state index >= 15 is 0 Å². The van der Waals surface area contributed by atoms with Crippen LogP contribution in [0.3, 0.4) is 0 Å². The maximum atomic E-state index is 11.2. The number of hydrogen-bond donors (Lipinski definition) is 1. The molecule has 1 atom stereocenters. The van der Waals surface area contributed by atoms with Gasteiger partial charge in [0.1, 0.15) is 11.7 Å². The molecule has 1 aromatic heterocycles. The summed E-state index contributed by atoms with van der Waals surface area (Å²) in [5, 5.41) is 17.6. The monoisotopic (exact) mass is 257 g/mol. The van der Waals surface area contributed by atoms with Gasteiger partial charge in [-0.05, 0) is 25.3 Å². The standard InChI is InChI=1S/C14H15N3O2/c1-9-5-2-3-6-10(9)12-15-16-13-11(14(18)19)7-4-8-17(12)13/h2-3,5-6,11H,4,7-8H2,1H3,(H,18,19). The SMILES string of the molecule is Cc1ccccc1-c1nnc2n1CCCC2C(=O)O. The van der Waals surface area contributed by atoms with Gasteiger partial charge in [0.05, 0.1) is 0 Å². The number of aryl methyl sites for hydroxylation is 1. The van der Waals surface area contributed by atoms with E-state index in [9.17, 15) is 9.90 Å². The van der Waals surface area contributed by atoms with Crippen LogP contribution in [0.5, 0.6) is 0 Å². The second kappa shape index (κ2) is 4.50. The van der Waals surface area contributed by atoms with Crippen LogP contribution >= 0.6 is 0 Å². The van der Waals surface area contributed by atoms with E-state index in [1.54, 1.807) is 0 Å². The van der Waals surface area contributed by atoms with Gasteiger partial charge in [-0.2, -0.15) is 0 Å². The van der Waals surface area contributed by atoms with E-state index in [0.717, 1.165) is 29.9 Å². The molecule has 0 saturated heterocycles. The van der Waals surface area contributed by atoms with Crippen molar-refractivity contribution in [2.24, 2.45) is 0 Å². The predicted octanol–water partition coefficient (Wildman–Crippen LogP) is 2.22. The van der Waals surface area contributed by atoms with Crippen molar-refractivity contribution in [1.29, 1.82) is 0 Å². The van der Waals surface area contributed by atoms with Crippen molar-refractivity contribution in [1.82, 2.24) is 14.8 Å². The fourth-order valence-corrected chi connectivity index (χ4v) is 2.63. The Labute approximate surface area is 110 Å². The molecule has 1 unspecified atom stereocenters. The number of aliphatic carboxylic acids is 1. The fourth-order valence-electron chi connectivity index (χ4n) is 2.63. The normalized spacial score (nSPS) is 18.1. The Bertz CT molecular complexity index is 633. The summed E-state index contributed by atoms with van der Waals surface area (Å²) in [5.74, 6) is 0.0137. The molecule has 0 bridgehead atoms. The summed E-state index contributed by atoms with van der Waals surface area (Å²) < 4.78 is 1.95. The minimum absolute atomic E-state index is 0.529. The van der Waals surface area contributed by atoms with Crippen molar-refractivity contribution < 1.29 is 9.90 Å². The highest BCUT2D eigenvalue weighted by Gasteiger charge is 2.30. The van der Waals surface area contributed by atoms with Crippen molar-refractivity contribution in [3.63, 3.8) is 0 Å². The molecule has 0 radical (unpaired) electrons. The van der Waals surface area contributed by atoms with Crippen LogP contribution in [0, 0.1) is 6.92 Å². The fraction of sp³-hybridized carbons (Fsp3) is 0.357. The minimum atomic E-state index is -0.815. The summed E-state index contributed by atoms with van der Waals surface area (Å²) in [7, 11) is 0. The van der Waals surface area contributed by atoms with E-state index in [1.807, 2.05) is 35.8 Å². The lowest BCUT2D eigenvalue weighted by Crippen LogP contribution is -2.22. The van der Waals surface area contributed by atoms with E-state index in [1.165, 1.54) is 0 Å². The Kier molecular flexibility index (Phi) is 2.81. The molecule has 1 aromatic carbocycles. The summed E-state index contributed by atoms with van der Waals surface area (Å²) in [6.07, 6.45) is 1.49. The largest absolute Gasteiger partial charge is 0.481 e. The van der Waals surface area contributed by atoms with Gasteiger partial charge in [-0.15, -0.1) is 10.2 Å². The summed E-state index contributed by atoms with van der Waals surface area (Å²) in [5.41, 5.74) is 2.14. The van der Waals surface area contributed by atoms with E-state index in [4.69, 9.17) is 0 Å². The van der Waals surface area contributed by atoms with E-state index < -0.39 is 11.9 Å². The number of rotatable bonds is 2. The Morgan fingerprint density at radius 3 is 2.89 bits per heavy atom. The van der Waals surface area contributed by atoms with Gasteiger partial charge in [-0.3, -0.25) is 4.79 Å². The lowest BCUT2D eigenvalue weighted by atomic mass is 9.98. The van der Waals surface area contributed by atoms with Gasteiger partial charge in [0, 0.05) is 12.1 Å². The molecule has 1 N–H and O–H groups in total. The summed E-state index contributed by atoms with van der Waals surface area (Å²) in [6, 6.07) is 7.96. The topological polar surface area (TPSA) is 68.0 Å². The summed E-state index contributed by atoms with van der Waals surface area (Å²) >= 11 is 0. The third-order valence-corrected chi connectivity index (χ3v) is 3.65. The molecular formula is C14H15N3O2. The molecule has 5 nitrogen and oxygen atoms in total. The lowest BCUT2D eigenvalue weighted by molar-refractivity contribution is -0.139. The lowest BCUT2D eigenvalue weighted by Gasteiger charge is -2.20. The van der Waals surface area contributed by atoms with Crippen LogP contribution in [0.4, 0.5) is 0 Å². The van der Waals surface area contributed by atoms with Gasteiger partial charge < -0.3 is 9.67 Å². The smallest absolute Gasteiger partial charge is 0.314 e. The first kappa shape index (κ1) is 11.9. The average molecular weight is 257 g/mol. The van der Waals surface area contributed by atoms with Crippen LogP contribution in [0.2, 0.25) is 0 Å². The molecule has 3 rings (SSSR count). The maximum Gasteiger partial charge on any atom is 0.314 e. The summed E-state index contributed by atoms with van der Waals surface area (Å²) in [6.45, 7) is 2.81. The number of hydrogen-bond acceptors (Lipinski definition) is 3. The van der Waals surface area contributed by atoms with Crippen molar-refractivity contribution >= 4 is 5.97 Å². The van der Waals surface area contributed by atoms with Crippen LogP contribution in [0.15, 0.2) is 24.3 Å². The minimum Gasteiger partial charge on any atom is -0.481 e. The Morgan fingerprint density at radius 2 is 2.16 bits per heavy atom. The third kappa shape index (κ3) is 1.91. The van der Waals surface area contributed by atoms with Gasteiger partial charge in [-0.1, -0.05) is 24.3 Å². The first-order valence-corrected chi connectivity index (χ1v) is 6.40. The number of fused-ring (bicyclic) bond motifs is 1. The van der Waals surface area contributed by atoms with Gasteiger partial charge in [0.2, 0.25) is 0 Å². The number of nitrogens with zero attached hydrogens (tertiary/aromatic N) is 3. The average Bonchev–Trinajstić information content (AvgIpc) is 2.82. The van der Waals surface area contributed by atoms with E-state index in [-0.39, 0.29) is 0 Å². The summed E-state index contributed by atoms with van der Waals surface area (Å²) in [4.78, 5) is 11.2. The number of benzene rings is 1. The highest BCUT2D eigenvalue weighted by molar-refractivity contribution is 5.75. The zero-order valence-corrected chi connectivity index (χ0v) is 10.7. The number of carbonyl (C=O) groups is 1. The number of carboxylic acid groups (broad SMARTS) is 1. The molecule has 98 valence electrons. The first-order chi connectivity index (χ1) is 9.18. The predicted molar refractivity (Wildman–Crippen MR) is 69.8 cm³/mol. The van der Waals surface area contributed by atoms with Gasteiger partial charge >= 0.3 is 5.97 Å². The third-order valence-electron chi connectivity index (χ3n) is 3.65. The molecule has 0 aliphatic carbocycles. The van der Waals surface area contributed by atoms with Crippen LogP contribution in [-0.4, -0.2) is 25.8 Å². The first-order valence-electron chi connectivity index (χ1n) is 6.40. The molecule has 0 spiro atoms. The van der Waals surface area contributed by atoms with Gasteiger partial charge in [-0.25, -0.2) is 0 Å². The molecule has 2 aromatic rings. The zero-order valence-electron chi connectivity index (χ0n) is 10.7. The Morgan fingerprint density at radius 1 is 1.37 bits per heavy atom. The second-order valence-electron chi connectivity index (χ2n) is 4.88. The van der Waals surface area contributed by atoms with Crippen LogP contribution in [0.25, 0.3) is 11.4 Å². The molecular weight excluding hydrogens is 242 g/mol. The maximum absolute atomic E-state index is 11.2. The molecule has 1 aliphatic rings. The zero-order chi connectivity index (χ0) is 13.4. The highest BCUT2D eigenvalue weighted by Crippen LogP contribution is 2.31. The van der Waals surface area contributed by atoms with Crippen molar-refractivity contribution in [2.75, 3.05) is 0 Å². The van der Waals surface area contributed by atoms with Crippen LogP contribution in [0.1, 0.15) is 30.1 Å². The van der Waals surface area contributed by atoms with Crippen LogP contribution < -0.4 is 0 Å². The second-order valence-corrected chi connectivity index (χ2v) is 4.88. The molecule has 0 saturated carbocycles. The quantitative estimate of drug-likeness (QED) is 0.895. The van der Waals surface area contributed by atoms with Crippen molar-refractivity contribution in [3.05, 3.63) is 35.7 Å². The van der Waals surface area contributed by atoms with E-state index in [2.05, 4.69) is 10.2 Å². The molecule has 2 heterocycles. The molecule has 0 amide bonds. The van der Waals surface area contributed by atoms with Crippen molar-refractivity contribution in [2.45, 2.75) is 32.2 Å². The Hall–Kier alpha value is -2.17. The van der Waals surface area contributed by atoms with Crippen molar-refractivity contribution in [3.8, 4) is 11.4 Å². The highest BCUT2D eigenvalue weighted by atomic mass is 16.4.